The van der Waals surface area contributed by atoms with Gasteiger partial charge in [0.25, 0.3) is 5.91 Å². The summed E-state index contributed by atoms with van der Waals surface area (Å²) in [5.41, 5.74) is 4.29. The molecule has 0 aliphatic heterocycles. The van der Waals surface area contributed by atoms with E-state index in [2.05, 4.69) is 15.3 Å². The number of furan rings is 1. The van der Waals surface area contributed by atoms with Gasteiger partial charge in [-0.25, -0.2) is 10.8 Å². The minimum atomic E-state index is -0.390. The first-order valence-electron chi connectivity index (χ1n) is 5.85. The van der Waals surface area contributed by atoms with E-state index in [1.807, 2.05) is 19.2 Å². The zero-order valence-corrected chi connectivity index (χ0v) is 10.7. The first-order valence-corrected chi connectivity index (χ1v) is 5.85. The quantitative estimate of drug-likeness (QED) is 0.474. The van der Waals surface area contributed by atoms with Gasteiger partial charge in [0.05, 0.1) is 18.2 Å². The molecule has 0 aliphatic carbocycles. The number of pyridine rings is 1. The smallest absolute Gasteiger partial charge is 0.283 e. The van der Waals surface area contributed by atoms with Crippen molar-refractivity contribution in [1.29, 1.82) is 0 Å². The summed E-state index contributed by atoms with van der Waals surface area (Å²) in [6.07, 6.45) is 3.36. The minimum Gasteiger partial charge on any atom is -0.472 e. The highest BCUT2D eigenvalue weighted by molar-refractivity contribution is 5.91. The Hall–Kier alpha value is -2.18. The third kappa shape index (κ3) is 3.64. The van der Waals surface area contributed by atoms with Gasteiger partial charge in [-0.1, -0.05) is 6.07 Å². The third-order valence-corrected chi connectivity index (χ3v) is 2.64. The van der Waals surface area contributed by atoms with Crippen molar-refractivity contribution in [2.75, 3.05) is 7.05 Å². The van der Waals surface area contributed by atoms with E-state index in [0.29, 0.717) is 12.2 Å². The van der Waals surface area contributed by atoms with Crippen molar-refractivity contribution in [1.82, 2.24) is 15.3 Å². The molecule has 0 fully saturated rings. The Labute approximate surface area is 111 Å². The molecule has 6 nitrogen and oxygen atoms in total. The number of nitrogens with zero attached hydrogens (tertiary/aromatic N) is 2. The summed E-state index contributed by atoms with van der Waals surface area (Å²) in [5, 5.41) is 0. The van der Waals surface area contributed by atoms with Gasteiger partial charge in [-0.05, 0) is 25.2 Å². The van der Waals surface area contributed by atoms with E-state index in [1.165, 1.54) is 0 Å². The van der Waals surface area contributed by atoms with Gasteiger partial charge >= 0.3 is 0 Å². The Bertz CT molecular complexity index is 539. The molecular weight excluding hydrogens is 244 g/mol. The van der Waals surface area contributed by atoms with Crippen molar-refractivity contribution in [2.24, 2.45) is 5.84 Å². The van der Waals surface area contributed by atoms with Gasteiger partial charge in [0, 0.05) is 18.7 Å². The average Bonchev–Trinajstić information content (AvgIpc) is 2.90. The number of rotatable bonds is 5. The van der Waals surface area contributed by atoms with Gasteiger partial charge in [-0.15, -0.1) is 0 Å². The molecular formula is C13H16N4O2. The first kappa shape index (κ1) is 13.3. The molecule has 2 aromatic heterocycles. The van der Waals surface area contributed by atoms with E-state index >= 15 is 0 Å². The van der Waals surface area contributed by atoms with E-state index in [1.54, 1.807) is 24.7 Å². The van der Waals surface area contributed by atoms with Gasteiger partial charge in [-0.3, -0.25) is 15.1 Å². The predicted octanol–water partition coefficient (Wildman–Crippen LogP) is 0.910. The van der Waals surface area contributed by atoms with Crippen molar-refractivity contribution in [2.45, 2.75) is 13.1 Å². The lowest BCUT2D eigenvalue weighted by Crippen LogP contribution is -2.31. The molecule has 0 unspecified atom stereocenters. The number of hydrogen-bond acceptors (Lipinski definition) is 5. The molecule has 0 saturated heterocycles. The van der Waals surface area contributed by atoms with Crippen LogP contribution in [0, 0.1) is 0 Å². The van der Waals surface area contributed by atoms with E-state index in [0.717, 1.165) is 17.8 Å². The van der Waals surface area contributed by atoms with Crippen LogP contribution in [0.2, 0.25) is 0 Å². The van der Waals surface area contributed by atoms with Gasteiger partial charge in [0.2, 0.25) is 0 Å². The Balaban J connectivity index is 2.00. The van der Waals surface area contributed by atoms with Gasteiger partial charge in [0.15, 0.2) is 0 Å². The van der Waals surface area contributed by atoms with Crippen LogP contribution in [0.3, 0.4) is 0 Å². The summed E-state index contributed by atoms with van der Waals surface area (Å²) in [6.45, 7) is 1.39. The summed E-state index contributed by atoms with van der Waals surface area (Å²) in [5.74, 6) is 4.70. The molecule has 0 radical (unpaired) electrons. The maximum Gasteiger partial charge on any atom is 0.283 e. The molecule has 100 valence electrons. The number of nitrogens with one attached hydrogen (secondary N) is 1. The number of nitrogens with two attached hydrogens (primary N) is 1. The molecule has 0 spiro atoms. The highest BCUT2D eigenvalue weighted by atomic mass is 16.3. The molecule has 2 rings (SSSR count). The molecule has 3 N–H and O–H groups in total. The van der Waals surface area contributed by atoms with Crippen molar-refractivity contribution in [3.63, 3.8) is 0 Å². The van der Waals surface area contributed by atoms with Crippen LogP contribution in [0.5, 0.6) is 0 Å². The largest absolute Gasteiger partial charge is 0.472 e. The Kier molecular flexibility index (Phi) is 4.27. The Morgan fingerprint density at radius 3 is 2.95 bits per heavy atom. The summed E-state index contributed by atoms with van der Waals surface area (Å²) < 4.78 is 5.02. The number of carbonyl (C=O) groups excluding carboxylic acids is 1. The highest BCUT2D eigenvalue weighted by Gasteiger charge is 2.08. The monoisotopic (exact) mass is 260 g/mol. The highest BCUT2D eigenvalue weighted by Crippen LogP contribution is 2.07. The van der Waals surface area contributed by atoms with Crippen LogP contribution in [-0.2, 0) is 13.1 Å². The van der Waals surface area contributed by atoms with Crippen LogP contribution in [0.4, 0.5) is 0 Å². The zero-order valence-electron chi connectivity index (χ0n) is 10.7. The first-order chi connectivity index (χ1) is 9.19. The van der Waals surface area contributed by atoms with Gasteiger partial charge in [0.1, 0.15) is 5.69 Å². The second-order valence-corrected chi connectivity index (χ2v) is 4.29. The number of carbonyl (C=O) groups is 1. The molecule has 2 heterocycles. The lowest BCUT2D eigenvalue weighted by Gasteiger charge is -2.15. The van der Waals surface area contributed by atoms with E-state index in [-0.39, 0.29) is 5.91 Å². The molecule has 0 atom stereocenters. The number of nitrogen functional groups attached to an aromatic ring is 1. The molecule has 2 aromatic rings. The second kappa shape index (κ2) is 6.12. The normalized spacial score (nSPS) is 10.7. The van der Waals surface area contributed by atoms with Crippen LogP contribution in [-0.4, -0.2) is 22.8 Å². The van der Waals surface area contributed by atoms with E-state index < -0.39 is 0 Å². The maximum absolute atomic E-state index is 11.4. The molecule has 1 amide bonds. The maximum atomic E-state index is 11.4. The summed E-state index contributed by atoms with van der Waals surface area (Å²) in [4.78, 5) is 17.7. The second-order valence-electron chi connectivity index (χ2n) is 4.29. The van der Waals surface area contributed by atoms with Crippen LogP contribution >= 0.6 is 0 Å². The molecule has 19 heavy (non-hydrogen) atoms. The van der Waals surface area contributed by atoms with Crippen molar-refractivity contribution in [3.05, 3.63) is 53.7 Å². The topological polar surface area (TPSA) is 84.4 Å². The number of aromatic nitrogens is 1. The Morgan fingerprint density at radius 1 is 1.42 bits per heavy atom. The summed E-state index contributed by atoms with van der Waals surface area (Å²) >= 11 is 0. The third-order valence-electron chi connectivity index (χ3n) is 2.64. The lowest BCUT2D eigenvalue weighted by molar-refractivity contribution is 0.0948. The van der Waals surface area contributed by atoms with Gasteiger partial charge in [-0.2, -0.15) is 0 Å². The van der Waals surface area contributed by atoms with Crippen LogP contribution in [0.1, 0.15) is 21.7 Å². The fourth-order valence-corrected chi connectivity index (χ4v) is 1.79. The molecule has 0 saturated carbocycles. The average molecular weight is 260 g/mol. The standard InChI is InChI=1S/C13H16N4O2/c1-17(7-10-5-6-19-9-10)8-11-3-2-4-12(15-11)13(18)16-14/h2-6,9H,7-8,14H2,1H3,(H,16,18). The summed E-state index contributed by atoms with van der Waals surface area (Å²) in [7, 11) is 1.98. The number of hydrogen-bond donors (Lipinski definition) is 2. The zero-order chi connectivity index (χ0) is 13.7. The minimum absolute atomic E-state index is 0.316. The lowest BCUT2D eigenvalue weighted by atomic mass is 10.2. The Morgan fingerprint density at radius 2 is 2.26 bits per heavy atom. The van der Waals surface area contributed by atoms with Gasteiger partial charge < -0.3 is 4.42 Å². The van der Waals surface area contributed by atoms with Crippen molar-refractivity contribution < 1.29 is 9.21 Å². The van der Waals surface area contributed by atoms with Crippen molar-refractivity contribution in [3.8, 4) is 0 Å². The number of hydrazine groups is 1. The van der Waals surface area contributed by atoms with Crippen LogP contribution in [0.25, 0.3) is 0 Å². The number of amides is 1. The molecule has 0 aromatic carbocycles. The predicted molar refractivity (Wildman–Crippen MR) is 69.8 cm³/mol. The fourth-order valence-electron chi connectivity index (χ4n) is 1.79. The van der Waals surface area contributed by atoms with Crippen molar-refractivity contribution >= 4 is 5.91 Å². The molecule has 6 heteroatoms. The SMILES string of the molecule is CN(Cc1ccoc1)Cc1cccc(C(=O)NN)n1. The van der Waals surface area contributed by atoms with E-state index in [9.17, 15) is 4.79 Å². The fraction of sp³-hybridized carbons (Fsp3) is 0.231. The van der Waals surface area contributed by atoms with E-state index in [4.69, 9.17) is 10.3 Å². The molecule has 0 aliphatic rings. The summed E-state index contributed by atoms with van der Waals surface area (Å²) in [6, 6.07) is 7.21. The van der Waals surface area contributed by atoms with Crippen LogP contribution < -0.4 is 11.3 Å². The molecule has 0 bridgehead atoms. The van der Waals surface area contributed by atoms with Crippen LogP contribution in [0.15, 0.2) is 41.2 Å².